The predicted molar refractivity (Wildman–Crippen MR) is 124 cm³/mol. The van der Waals surface area contributed by atoms with E-state index < -0.39 is 15.6 Å². The van der Waals surface area contributed by atoms with Gasteiger partial charge in [-0.1, -0.05) is 115 Å². The van der Waals surface area contributed by atoms with Gasteiger partial charge in [-0.3, -0.25) is 0 Å². The summed E-state index contributed by atoms with van der Waals surface area (Å²) in [5.41, 5.74) is 0.475. The number of rotatable bonds is 22. The van der Waals surface area contributed by atoms with Gasteiger partial charge in [0.15, 0.2) is 0 Å². The van der Waals surface area contributed by atoms with Crippen LogP contribution >= 0.6 is 0 Å². The summed E-state index contributed by atoms with van der Waals surface area (Å²) in [6.07, 6.45) is 21.5. The summed E-state index contributed by atoms with van der Waals surface area (Å²) in [6.45, 7) is 5.77. The number of esters is 1. The van der Waals surface area contributed by atoms with Gasteiger partial charge in [0.25, 0.3) is 0 Å². The van der Waals surface area contributed by atoms with Crippen LogP contribution in [0.4, 0.5) is 8.78 Å². The van der Waals surface area contributed by atoms with Gasteiger partial charge in [0.1, 0.15) is 9.52 Å². The van der Waals surface area contributed by atoms with Crippen molar-refractivity contribution < 1.29 is 18.3 Å². The Labute approximate surface area is 181 Å². The SMILES string of the molecule is C=C(C)C(=O)OCCCCCCCCCCCCCCCCCCC[SiH2]C(F)F. The minimum atomic E-state index is -1.98. The van der Waals surface area contributed by atoms with Crippen molar-refractivity contribution in [1.82, 2.24) is 0 Å². The highest BCUT2D eigenvalue weighted by Crippen LogP contribution is 2.14. The van der Waals surface area contributed by atoms with Crippen molar-refractivity contribution in [1.29, 1.82) is 0 Å². The quantitative estimate of drug-likeness (QED) is 0.0764. The van der Waals surface area contributed by atoms with Crippen LogP contribution in [-0.2, 0) is 9.53 Å². The molecule has 0 aliphatic rings. The first-order valence-corrected chi connectivity index (χ1v) is 14.0. The zero-order valence-electron chi connectivity index (χ0n) is 19.0. The van der Waals surface area contributed by atoms with Gasteiger partial charge < -0.3 is 4.74 Å². The van der Waals surface area contributed by atoms with Gasteiger partial charge in [-0.2, -0.15) is 0 Å². The molecular weight excluding hydrogens is 386 g/mol. The number of unbranched alkanes of at least 4 members (excludes halogenated alkanes) is 16. The Morgan fingerprint density at radius 2 is 1.07 bits per heavy atom. The van der Waals surface area contributed by atoms with Gasteiger partial charge >= 0.3 is 5.97 Å². The Morgan fingerprint density at radius 1 is 0.724 bits per heavy atom. The number of halogens is 2. The van der Waals surface area contributed by atoms with E-state index in [2.05, 4.69) is 6.58 Å². The summed E-state index contributed by atoms with van der Waals surface area (Å²) in [4.78, 5) is 11.2. The van der Waals surface area contributed by atoms with E-state index >= 15 is 0 Å². The van der Waals surface area contributed by atoms with Crippen molar-refractivity contribution in [3.05, 3.63) is 12.2 Å². The van der Waals surface area contributed by atoms with Crippen molar-refractivity contribution in [2.24, 2.45) is 0 Å². The Morgan fingerprint density at radius 3 is 1.41 bits per heavy atom. The van der Waals surface area contributed by atoms with E-state index in [9.17, 15) is 13.6 Å². The monoisotopic (exact) mass is 432 g/mol. The van der Waals surface area contributed by atoms with Gasteiger partial charge in [-0.15, -0.1) is 0 Å². The number of hydrogen-bond donors (Lipinski definition) is 0. The molecule has 0 aliphatic heterocycles. The maximum atomic E-state index is 12.1. The van der Waals surface area contributed by atoms with E-state index in [0.717, 1.165) is 31.7 Å². The van der Waals surface area contributed by atoms with Crippen LogP contribution in [0.15, 0.2) is 12.2 Å². The third kappa shape index (κ3) is 23.4. The summed E-state index contributed by atoms with van der Waals surface area (Å²) in [6, 6.07) is -1.16. The second-order valence-corrected chi connectivity index (χ2v) is 10.4. The number of ether oxygens (including phenoxy) is 1. The second kappa shape index (κ2) is 22.0. The summed E-state index contributed by atoms with van der Waals surface area (Å²) >= 11 is 0. The van der Waals surface area contributed by atoms with Crippen LogP contribution in [0.1, 0.15) is 116 Å². The Hall–Kier alpha value is -0.713. The number of hydrogen-bond acceptors (Lipinski definition) is 2. The lowest BCUT2D eigenvalue weighted by molar-refractivity contribution is -0.139. The van der Waals surface area contributed by atoms with Crippen LogP contribution in [-0.4, -0.2) is 28.1 Å². The van der Waals surface area contributed by atoms with E-state index in [0.29, 0.717) is 12.2 Å². The van der Waals surface area contributed by atoms with Crippen LogP contribution in [0, 0.1) is 0 Å². The van der Waals surface area contributed by atoms with Gasteiger partial charge in [0.2, 0.25) is 6.05 Å². The van der Waals surface area contributed by atoms with Crippen molar-refractivity contribution in [3.63, 3.8) is 0 Å². The molecule has 5 heteroatoms. The molecule has 0 saturated heterocycles. The summed E-state index contributed by atoms with van der Waals surface area (Å²) in [7, 11) is -1.08. The standard InChI is InChI=1S/C24H46F2O2Si/c1-22(2)23(27)28-20-18-16-14-12-10-8-6-4-3-5-7-9-11-13-15-17-19-21-29-24(25)26/h24H,1,3-21,29H2,2H3. The van der Waals surface area contributed by atoms with E-state index in [1.807, 2.05) is 0 Å². The number of carbonyl (C=O) groups excluding carboxylic acids is 1. The van der Waals surface area contributed by atoms with Gasteiger partial charge in [-0.25, -0.2) is 13.6 Å². The van der Waals surface area contributed by atoms with Crippen LogP contribution < -0.4 is 0 Å². The molecule has 0 aromatic rings. The Balaban J connectivity index is 3.07. The fourth-order valence-electron chi connectivity index (χ4n) is 3.52. The third-order valence-electron chi connectivity index (χ3n) is 5.40. The van der Waals surface area contributed by atoms with E-state index in [-0.39, 0.29) is 5.97 Å². The minimum Gasteiger partial charge on any atom is -0.462 e. The molecule has 172 valence electrons. The van der Waals surface area contributed by atoms with Crippen LogP contribution in [0.5, 0.6) is 0 Å². The molecule has 0 atom stereocenters. The average Bonchev–Trinajstić information content (AvgIpc) is 2.68. The van der Waals surface area contributed by atoms with Gasteiger partial charge in [0, 0.05) is 5.57 Å². The highest BCUT2D eigenvalue weighted by Gasteiger charge is 2.02. The largest absolute Gasteiger partial charge is 0.462 e. The van der Waals surface area contributed by atoms with Crippen LogP contribution in [0.3, 0.4) is 0 Å². The Bertz CT molecular complexity index is 389. The topological polar surface area (TPSA) is 26.3 Å². The van der Waals surface area contributed by atoms with Crippen molar-refractivity contribution >= 4 is 15.5 Å². The first kappa shape index (κ1) is 28.3. The molecule has 0 aliphatic carbocycles. The van der Waals surface area contributed by atoms with E-state index in [1.54, 1.807) is 6.92 Å². The summed E-state index contributed by atoms with van der Waals surface area (Å²) in [5.74, 6) is -0.272. The van der Waals surface area contributed by atoms with E-state index in [1.165, 1.54) is 83.5 Å². The molecule has 0 unspecified atom stereocenters. The Kier molecular flexibility index (Phi) is 21.4. The number of carbonyl (C=O) groups is 1. The molecule has 0 saturated carbocycles. The molecule has 0 aromatic heterocycles. The maximum Gasteiger partial charge on any atom is 0.333 e. The van der Waals surface area contributed by atoms with Crippen molar-refractivity contribution in [2.75, 3.05) is 6.61 Å². The lowest BCUT2D eigenvalue weighted by Gasteiger charge is -2.05. The van der Waals surface area contributed by atoms with E-state index in [4.69, 9.17) is 4.74 Å². The average molecular weight is 433 g/mol. The van der Waals surface area contributed by atoms with Crippen molar-refractivity contribution in [2.45, 2.75) is 128 Å². The fourth-order valence-corrected chi connectivity index (χ4v) is 4.47. The predicted octanol–water partition coefficient (Wildman–Crippen LogP) is 7.55. The minimum absolute atomic E-state index is 0.272. The zero-order valence-corrected chi connectivity index (χ0v) is 20.4. The molecule has 0 fully saturated rings. The second-order valence-electron chi connectivity index (χ2n) is 8.46. The molecular formula is C24H46F2O2Si. The number of alkyl halides is 2. The third-order valence-corrected chi connectivity index (χ3v) is 6.74. The molecule has 2 nitrogen and oxygen atoms in total. The molecule has 0 radical (unpaired) electrons. The molecule has 0 bridgehead atoms. The molecule has 0 amide bonds. The molecule has 0 N–H and O–H groups in total. The van der Waals surface area contributed by atoms with Crippen LogP contribution in [0.25, 0.3) is 0 Å². The highest BCUT2D eigenvalue weighted by atomic mass is 28.2. The first-order valence-electron chi connectivity index (χ1n) is 12.1. The molecule has 29 heavy (non-hydrogen) atoms. The molecule has 0 spiro atoms. The summed E-state index contributed by atoms with van der Waals surface area (Å²) in [5, 5.41) is 0. The lowest BCUT2D eigenvalue weighted by Crippen LogP contribution is -2.05. The smallest absolute Gasteiger partial charge is 0.333 e. The maximum absolute atomic E-state index is 12.1. The lowest BCUT2D eigenvalue weighted by atomic mass is 10.0. The van der Waals surface area contributed by atoms with Gasteiger partial charge in [0.05, 0.1) is 6.61 Å². The van der Waals surface area contributed by atoms with Crippen LogP contribution in [0.2, 0.25) is 6.04 Å². The zero-order chi connectivity index (χ0) is 21.6. The molecule has 0 aromatic carbocycles. The highest BCUT2D eigenvalue weighted by molar-refractivity contribution is 6.36. The van der Waals surface area contributed by atoms with Crippen molar-refractivity contribution in [3.8, 4) is 0 Å². The normalized spacial score (nSPS) is 11.6. The molecule has 0 rings (SSSR count). The molecule has 0 heterocycles. The summed E-state index contributed by atoms with van der Waals surface area (Å²) < 4.78 is 29.2. The fraction of sp³-hybridized carbons (Fsp3) is 0.875. The first-order chi connectivity index (χ1) is 14.0. The van der Waals surface area contributed by atoms with Gasteiger partial charge in [-0.05, 0) is 13.3 Å².